The Morgan fingerprint density at radius 2 is 1.15 bits per heavy atom. The van der Waals surface area contributed by atoms with Gasteiger partial charge in [0.2, 0.25) is 6.16 Å². The maximum atomic E-state index is 10.1. The summed E-state index contributed by atoms with van der Waals surface area (Å²) in [5.41, 5.74) is -0.750. The third kappa shape index (κ3) is 166. The summed E-state index contributed by atoms with van der Waals surface area (Å²) in [5, 5.41) is 25.4. The van der Waals surface area contributed by atoms with Gasteiger partial charge in [0, 0.05) is 0 Å². The molecule has 0 amide bonds. The number of hydrogen-bond donors (Lipinski definition) is 1. The molecular weight excluding hydrogens is 321 g/mol. The molecule has 0 fully saturated rings. The zero-order valence-corrected chi connectivity index (χ0v) is 20.0. The minimum atomic E-state index is -2.08. The van der Waals surface area contributed by atoms with Crippen molar-refractivity contribution in [1.29, 1.82) is 0 Å². The predicted octanol–water partition coefficient (Wildman–Crippen LogP) is -13.0. The summed E-state index contributed by atoms with van der Waals surface area (Å²) >= 11 is 0. The van der Waals surface area contributed by atoms with Crippen LogP contribution in [-0.4, -0.2) is 16.9 Å². The molecule has 0 atom stereocenters. The normalized spacial score (nSPS) is 6.46. The number of rotatable bonds is 0. The van der Waals surface area contributed by atoms with Crippen molar-refractivity contribution in [2.75, 3.05) is 0 Å². The first kappa shape index (κ1) is 36.0. The van der Waals surface area contributed by atoms with Crippen LogP contribution in [0.5, 0.6) is 0 Å². The van der Waals surface area contributed by atoms with Crippen molar-refractivity contribution in [1.82, 2.24) is 0 Å². The largest absolute Gasteiger partial charge is 1.00 e. The number of carboxylic acid groups (broad SMARTS) is 2. The molecule has 0 radical (unpaired) electrons. The van der Waals surface area contributed by atoms with Crippen LogP contribution >= 0.6 is 0 Å². The van der Waals surface area contributed by atoms with Crippen LogP contribution in [0.1, 0.15) is 20.8 Å². The molecule has 0 aromatic carbocycles. The summed E-state index contributed by atoms with van der Waals surface area (Å²) < 4.78 is 0. The Hall–Kier alpha value is 4.62. The molecule has 0 spiro atoms. The van der Waals surface area contributed by atoms with E-state index in [0.29, 0.717) is 0 Å². The van der Waals surface area contributed by atoms with Gasteiger partial charge in [0.15, 0.2) is 0 Å². The van der Waals surface area contributed by atoms with Gasteiger partial charge in [-0.25, -0.2) is 0 Å². The second-order valence-electron chi connectivity index (χ2n) is 2.38. The van der Waals surface area contributed by atoms with Crippen molar-refractivity contribution in [3.63, 3.8) is 0 Å². The van der Waals surface area contributed by atoms with E-state index in [2.05, 4.69) is 0 Å². The molecule has 0 aliphatic carbocycles. The van der Waals surface area contributed by atoms with Gasteiger partial charge in [-0.1, -0.05) is 20.8 Å². The van der Waals surface area contributed by atoms with Crippen LogP contribution in [0.15, 0.2) is 0 Å². The van der Waals surface area contributed by atoms with Gasteiger partial charge < -0.3 is 37.1 Å². The zero-order valence-electron chi connectivity index (χ0n) is 9.05. The molecule has 8 heteroatoms. The quantitative estimate of drug-likeness (QED) is 0.447. The fourth-order valence-electron chi connectivity index (χ4n) is 0. The molecule has 0 unspecified atom stereocenters. The molecule has 0 heterocycles. The van der Waals surface area contributed by atoms with Crippen molar-refractivity contribution < 1.29 is 191 Å². The van der Waals surface area contributed by atoms with Crippen LogP contribution < -0.4 is 181 Å². The molecule has 0 saturated carbocycles. The number of carbonyl (C=O) groups is 1. The summed E-state index contributed by atoms with van der Waals surface area (Å²) in [4.78, 5) is 8.44. The first-order valence-corrected chi connectivity index (χ1v) is 2.34. The summed E-state index contributed by atoms with van der Waals surface area (Å²) in [6, 6.07) is 0. The minimum absolute atomic E-state index is 0. The van der Waals surface area contributed by atoms with Gasteiger partial charge in [-0.2, -0.15) is 0 Å². The summed E-state index contributed by atoms with van der Waals surface area (Å²) in [7, 11) is 0. The van der Waals surface area contributed by atoms with Gasteiger partial charge in [-0.05, 0) is 0 Å². The molecule has 13 heavy (non-hydrogen) atoms. The Morgan fingerprint density at radius 3 is 1.15 bits per heavy atom. The average Bonchev–Trinajstić information content (AvgIpc) is 1.19. The molecule has 0 aliphatic rings. The molecular formula is C5H10BrK3O4. The molecule has 64 valence electrons. The molecule has 4 nitrogen and oxygen atoms in total. The molecule has 0 bridgehead atoms. The van der Waals surface area contributed by atoms with Crippen molar-refractivity contribution >= 4 is 6.16 Å². The Bertz CT molecular complexity index is 86.3. The van der Waals surface area contributed by atoms with Crippen LogP contribution in [0.3, 0.4) is 0 Å². The van der Waals surface area contributed by atoms with Gasteiger partial charge in [-0.3, -0.25) is 0 Å². The van der Waals surface area contributed by atoms with E-state index in [-0.39, 0.29) is 171 Å². The van der Waals surface area contributed by atoms with Crippen molar-refractivity contribution in [2.45, 2.75) is 26.4 Å². The van der Waals surface area contributed by atoms with E-state index in [0.717, 1.165) is 0 Å². The predicted molar refractivity (Wildman–Crippen MR) is 27.8 cm³/mol. The van der Waals surface area contributed by atoms with E-state index in [1.54, 1.807) is 20.8 Å². The van der Waals surface area contributed by atoms with Crippen LogP contribution in [0.25, 0.3) is 0 Å². The van der Waals surface area contributed by atoms with Gasteiger partial charge in [-0.15, -0.1) is 5.60 Å². The first-order valence-electron chi connectivity index (χ1n) is 2.34. The summed E-state index contributed by atoms with van der Waals surface area (Å²) in [6.45, 7) is 4.90. The number of halogens is 1. The summed E-state index contributed by atoms with van der Waals surface area (Å²) in [5.74, 6) is 0. The molecule has 0 aromatic rings. The SMILES string of the molecule is CC(C)(C)[O-].O=C([O-])O.[Br-].[K+].[K+].[K+]. The summed E-state index contributed by atoms with van der Waals surface area (Å²) in [6.07, 6.45) is -2.08. The smallest absolute Gasteiger partial charge is 1.00 e. The maximum Gasteiger partial charge on any atom is 1.00 e. The van der Waals surface area contributed by atoms with Crippen LogP contribution in [0, 0.1) is 0 Å². The van der Waals surface area contributed by atoms with E-state index in [1.165, 1.54) is 0 Å². The fraction of sp³-hybridized carbons (Fsp3) is 0.800. The molecule has 0 saturated heterocycles. The van der Waals surface area contributed by atoms with E-state index < -0.39 is 11.8 Å². The van der Waals surface area contributed by atoms with Crippen molar-refractivity contribution in [2.24, 2.45) is 0 Å². The third-order valence-corrected chi connectivity index (χ3v) is 0. The van der Waals surface area contributed by atoms with E-state index >= 15 is 0 Å². The van der Waals surface area contributed by atoms with Gasteiger partial charge in [0.05, 0.1) is 0 Å². The van der Waals surface area contributed by atoms with E-state index in [4.69, 9.17) is 15.0 Å². The monoisotopic (exact) mass is 330 g/mol. The third-order valence-electron chi connectivity index (χ3n) is 0. The van der Waals surface area contributed by atoms with Crippen LogP contribution in [0.2, 0.25) is 0 Å². The Labute approximate surface area is 217 Å². The van der Waals surface area contributed by atoms with Gasteiger partial charge in [0.1, 0.15) is 0 Å². The Morgan fingerprint density at radius 1 is 1.15 bits per heavy atom. The minimum Gasteiger partial charge on any atom is -1.00 e. The maximum absolute atomic E-state index is 10.1. The van der Waals surface area contributed by atoms with E-state index in [1.807, 2.05) is 0 Å². The van der Waals surface area contributed by atoms with Crippen LogP contribution in [0.4, 0.5) is 4.79 Å². The second kappa shape index (κ2) is 21.9. The van der Waals surface area contributed by atoms with Gasteiger partial charge >= 0.3 is 154 Å². The average molecular weight is 331 g/mol. The standard InChI is InChI=1S/C4H9O.CH2O3.BrH.3K/c1-4(2,3)5;2-1(3)4;;;;/h1-3H3;(H2,2,3,4);1H;;;/q-1;;;3*+1/p-2. The Kier molecular flexibility index (Phi) is 60.6. The van der Waals surface area contributed by atoms with E-state index in [9.17, 15) is 5.11 Å². The number of hydrogen-bond acceptors (Lipinski definition) is 3. The zero-order chi connectivity index (χ0) is 8.08. The van der Waals surface area contributed by atoms with Crippen molar-refractivity contribution in [3.05, 3.63) is 0 Å². The Balaban J connectivity index is -0.0000000146. The van der Waals surface area contributed by atoms with Gasteiger partial charge in [0.25, 0.3) is 0 Å². The van der Waals surface area contributed by atoms with Crippen molar-refractivity contribution in [3.8, 4) is 0 Å². The molecule has 0 aromatic heterocycles. The second-order valence-corrected chi connectivity index (χ2v) is 2.38. The molecule has 1 N–H and O–H groups in total. The fourth-order valence-corrected chi connectivity index (χ4v) is 0. The molecule has 0 aliphatic heterocycles. The first-order chi connectivity index (χ1) is 3.73. The molecule has 0 rings (SSSR count). The topological polar surface area (TPSA) is 83.4 Å². The van der Waals surface area contributed by atoms with Crippen LogP contribution in [-0.2, 0) is 0 Å².